The Morgan fingerprint density at radius 2 is 1.94 bits per heavy atom. The Morgan fingerprint density at radius 3 is 2.58 bits per heavy atom. The number of aryl methyl sites for hydroxylation is 1. The van der Waals surface area contributed by atoms with Crippen LogP contribution in [0.1, 0.15) is 21.7 Å². The highest BCUT2D eigenvalue weighted by Gasteiger charge is 2.22. The number of hydrogen-bond acceptors (Lipinski definition) is 6. The zero-order chi connectivity index (χ0) is 22.2. The maximum Gasteiger partial charge on any atom is 0.257 e. The molecule has 2 aromatic carbocycles. The first-order valence-corrected chi connectivity index (χ1v) is 11.8. The van der Waals surface area contributed by atoms with Crippen LogP contribution >= 0.6 is 22.9 Å². The summed E-state index contributed by atoms with van der Waals surface area (Å²) in [6.07, 6.45) is 1.49. The Bertz CT molecular complexity index is 1310. The lowest BCUT2D eigenvalue weighted by atomic mass is 10.2. The molecule has 0 fully saturated rings. The van der Waals surface area contributed by atoms with E-state index in [1.807, 2.05) is 13.0 Å². The molecule has 0 spiro atoms. The lowest BCUT2D eigenvalue weighted by Crippen LogP contribution is -2.26. The van der Waals surface area contributed by atoms with E-state index in [9.17, 15) is 13.2 Å². The largest absolute Gasteiger partial charge is 0.468 e. The molecular weight excluding hydrogens is 458 g/mol. The van der Waals surface area contributed by atoms with E-state index in [1.165, 1.54) is 53.2 Å². The molecule has 160 valence electrons. The minimum Gasteiger partial charge on any atom is -0.468 e. The number of nitrogens with zero attached hydrogens (tertiary/aromatic N) is 2. The molecule has 0 radical (unpaired) electrons. The minimum absolute atomic E-state index is 0.0838. The zero-order valence-electron chi connectivity index (χ0n) is 16.6. The molecule has 2 heterocycles. The van der Waals surface area contributed by atoms with Gasteiger partial charge in [0.15, 0.2) is 5.13 Å². The lowest BCUT2D eigenvalue weighted by Gasteiger charge is -2.16. The predicted octanol–water partition coefficient (Wildman–Crippen LogP) is 4.92. The van der Waals surface area contributed by atoms with E-state index in [1.54, 1.807) is 18.2 Å². The van der Waals surface area contributed by atoms with Crippen LogP contribution in [-0.2, 0) is 16.6 Å². The monoisotopic (exact) mass is 475 g/mol. The Kier molecular flexibility index (Phi) is 5.85. The number of rotatable bonds is 6. The van der Waals surface area contributed by atoms with E-state index >= 15 is 0 Å². The van der Waals surface area contributed by atoms with Crippen LogP contribution < -0.4 is 5.32 Å². The number of anilines is 1. The van der Waals surface area contributed by atoms with Gasteiger partial charge in [0.05, 0.1) is 32.9 Å². The zero-order valence-corrected chi connectivity index (χ0v) is 19.0. The number of sulfonamides is 1. The highest BCUT2D eigenvalue weighted by molar-refractivity contribution is 7.89. The second kappa shape index (κ2) is 8.43. The fourth-order valence-electron chi connectivity index (χ4n) is 2.99. The van der Waals surface area contributed by atoms with Gasteiger partial charge in [-0.25, -0.2) is 13.4 Å². The molecule has 0 unspecified atom stereocenters. The molecule has 31 heavy (non-hydrogen) atoms. The van der Waals surface area contributed by atoms with Crippen LogP contribution in [0.4, 0.5) is 5.13 Å². The quantitative estimate of drug-likeness (QED) is 0.427. The fraction of sp³-hybridized carbons (Fsp3) is 0.143. The second-order valence-corrected chi connectivity index (χ2v) is 10.3. The highest BCUT2D eigenvalue weighted by atomic mass is 35.5. The second-order valence-electron chi connectivity index (χ2n) is 6.88. The molecule has 1 amide bonds. The average Bonchev–Trinajstić information content (AvgIpc) is 3.41. The van der Waals surface area contributed by atoms with Crippen molar-refractivity contribution in [3.05, 3.63) is 76.7 Å². The first-order chi connectivity index (χ1) is 14.8. The molecular formula is C21H18ClN3O4S2. The standard InChI is InChI=1S/C21H18ClN3O4S2/c1-13-5-10-17(22)19-18(13)23-21(30-19)24-20(26)14-6-8-16(9-7-14)31(27,28)25(2)12-15-4-3-11-29-15/h3-11H,12H2,1-2H3,(H,23,24,26). The summed E-state index contributed by atoms with van der Waals surface area (Å²) in [4.78, 5) is 17.1. The van der Waals surface area contributed by atoms with Crippen molar-refractivity contribution in [3.63, 3.8) is 0 Å². The molecule has 0 saturated carbocycles. The maximum absolute atomic E-state index is 12.8. The molecule has 0 atom stereocenters. The molecule has 0 aliphatic carbocycles. The summed E-state index contributed by atoms with van der Waals surface area (Å²) in [6, 6.07) is 12.8. The van der Waals surface area contributed by atoms with Gasteiger partial charge < -0.3 is 4.42 Å². The van der Waals surface area contributed by atoms with Gasteiger partial charge in [-0.2, -0.15) is 4.31 Å². The number of halogens is 1. The Morgan fingerprint density at radius 1 is 1.19 bits per heavy atom. The van der Waals surface area contributed by atoms with Crippen LogP contribution in [0, 0.1) is 6.92 Å². The number of aromatic nitrogens is 1. The average molecular weight is 476 g/mol. The van der Waals surface area contributed by atoms with Crippen molar-refractivity contribution < 1.29 is 17.6 Å². The number of amides is 1. The molecule has 0 saturated heterocycles. The molecule has 10 heteroatoms. The maximum atomic E-state index is 12.8. The summed E-state index contributed by atoms with van der Waals surface area (Å²) in [5.74, 6) is 0.147. The van der Waals surface area contributed by atoms with Crippen molar-refractivity contribution in [1.82, 2.24) is 9.29 Å². The number of benzene rings is 2. The molecule has 7 nitrogen and oxygen atoms in total. The summed E-state index contributed by atoms with van der Waals surface area (Å²) in [7, 11) is -2.26. The van der Waals surface area contributed by atoms with Gasteiger partial charge in [-0.1, -0.05) is 29.0 Å². The van der Waals surface area contributed by atoms with E-state index in [2.05, 4.69) is 10.3 Å². The van der Waals surface area contributed by atoms with Crippen LogP contribution in [0.5, 0.6) is 0 Å². The Hall–Kier alpha value is -2.72. The Labute approximate surface area is 188 Å². The van der Waals surface area contributed by atoms with E-state index < -0.39 is 10.0 Å². The van der Waals surface area contributed by atoms with Gasteiger partial charge >= 0.3 is 0 Å². The minimum atomic E-state index is -3.73. The van der Waals surface area contributed by atoms with Crippen molar-refractivity contribution >= 4 is 54.2 Å². The highest BCUT2D eigenvalue weighted by Crippen LogP contribution is 2.34. The van der Waals surface area contributed by atoms with Gasteiger partial charge in [0.2, 0.25) is 10.0 Å². The molecule has 0 bridgehead atoms. The van der Waals surface area contributed by atoms with Crippen molar-refractivity contribution in [2.45, 2.75) is 18.4 Å². The topological polar surface area (TPSA) is 92.5 Å². The molecule has 4 rings (SSSR count). The van der Waals surface area contributed by atoms with Gasteiger partial charge in [0.25, 0.3) is 5.91 Å². The number of carbonyl (C=O) groups is 1. The third-order valence-corrected chi connectivity index (χ3v) is 7.95. The molecule has 4 aromatic rings. The van der Waals surface area contributed by atoms with Gasteiger partial charge in [0.1, 0.15) is 5.76 Å². The van der Waals surface area contributed by atoms with E-state index in [0.717, 1.165) is 15.8 Å². The van der Waals surface area contributed by atoms with Gasteiger partial charge in [-0.15, -0.1) is 0 Å². The molecule has 2 aromatic heterocycles. The first kappa shape index (κ1) is 21.5. The van der Waals surface area contributed by atoms with Crippen LogP contribution in [0.25, 0.3) is 10.2 Å². The van der Waals surface area contributed by atoms with E-state index in [4.69, 9.17) is 16.0 Å². The lowest BCUT2D eigenvalue weighted by molar-refractivity contribution is 0.102. The summed E-state index contributed by atoms with van der Waals surface area (Å²) in [5, 5.41) is 3.75. The normalized spacial score (nSPS) is 11.9. The van der Waals surface area contributed by atoms with Gasteiger partial charge in [-0.3, -0.25) is 10.1 Å². The summed E-state index contributed by atoms with van der Waals surface area (Å²) in [6.45, 7) is 2.03. The summed E-state index contributed by atoms with van der Waals surface area (Å²) in [5.41, 5.74) is 2.02. The number of carbonyl (C=O) groups excluding carboxylic acids is 1. The van der Waals surface area contributed by atoms with Gasteiger partial charge in [0, 0.05) is 12.6 Å². The number of nitrogens with one attached hydrogen (secondary N) is 1. The number of fused-ring (bicyclic) bond motifs is 1. The summed E-state index contributed by atoms with van der Waals surface area (Å²) < 4.78 is 32.7. The van der Waals surface area contributed by atoms with Crippen LogP contribution in [0.2, 0.25) is 5.02 Å². The molecule has 0 aliphatic rings. The smallest absolute Gasteiger partial charge is 0.257 e. The van der Waals surface area contributed by atoms with Crippen LogP contribution in [-0.4, -0.2) is 30.7 Å². The molecule has 1 N–H and O–H groups in total. The first-order valence-electron chi connectivity index (χ1n) is 9.21. The SMILES string of the molecule is Cc1ccc(Cl)c2sc(NC(=O)c3ccc(S(=O)(=O)N(C)Cc4ccco4)cc3)nc12. The number of thiazole rings is 1. The Balaban J connectivity index is 1.50. The van der Waals surface area contributed by atoms with Crippen LogP contribution in [0.3, 0.4) is 0 Å². The van der Waals surface area contributed by atoms with Crippen molar-refractivity contribution in [3.8, 4) is 0 Å². The van der Waals surface area contributed by atoms with Gasteiger partial charge in [-0.05, 0) is 55.0 Å². The van der Waals surface area contributed by atoms with E-state index in [0.29, 0.717) is 21.5 Å². The number of hydrogen-bond donors (Lipinski definition) is 1. The van der Waals surface area contributed by atoms with E-state index in [-0.39, 0.29) is 17.3 Å². The van der Waals surface area contributed by atoms with Crippen molar-refractivity contribution in [2.75, 3.05) is 12.4 Å². The fourth-order valence-corrected chi connectivity index (χ4v) is 5.34. The van der Waals surface area contributed by atoms with Crippen molar-refractivity contribution in [1.29, 1.82) is 0 Å². The summed E-state index contributed by atoms with van der Waals surface area (Å²) >= 11 is 7.50. The number of furan rings is 1. The molecule has 0 aliphatic heterocycles. The third kappa shape index (κ3) is 4.35. The van der Waals surface area contributed by atoms with Crippen LogP contribution in [0.15, 0.2) is 64.1 Å². The van der Waals surface area contributed by atoms with Crippen molar-refractivity contribution in [2.24, 2.45) is 0 Å². The predicted molar refractivity (Wildman–Crippen MR) is 121 cm³/mol. The third-order valence-electron chi connectivity index (χ3n) is 4.70.